The molecular weight excluding hydrogens is 316 g/mol. The minimum absolute atomic E-state index is 0.186. The van der Waals surface area contributed by atoms with Crippen LogP contribution in [0.1, 0.15) is 12.5 Å². The van der Waals surface area contributed by atoms with Gasteiger partial charge in [-0.2, -0.15) is 0 Å². The van der Waals surface area contributed by atoms with Crippen LogP contribution < -0.4 is 9.47 Å². The molecule has 0 fully saturated rings. The maximum absolute atomic E-state index is 12.2. The smallest absolute Gasteiger partial charge is 0.414 e. The van der Waals surface area contributed by atoms with E-state index in [1.165, 1.54) is 25.1 Å². The molecule has 1 aromatic rings. The lowest BCUT2D eigenvalue weighted by atomic mass is 10.2. The lowest BCUT2D eigenvalue weighted by Crippen LogP contribution is -2.38. The average molecular weight is 335 g/mol. The Morgan fingerprint density at radius 1 is 1.38 bits per heavy atom. The number of nitrogens with zero attached hydrogens (tertiary/aromatic N) is 4. The number of hydrazone groups is 1. The number of esters is 1. The number of likely N-dealkylation sites (N-methyl/N-ethyl adjacent to an activating group) is 1. The zero-order valence-corrected chi connectivity index (χ0v) is 13.9. The van der Waals surface area contributed by atoms with E-state index < -0.39 is 17.9 Å². The van der Waals surface area contributed by atoms with Crippen molar-refractivity contribution in [2.75, 3.05) is 27.9 Å². The Bertz CT molecular complexity index is 701. The fourth-order valence-corrected chi connectivity index (χ4v) is 2.11. The van der Waals surface area contributed by atoms with Gasteiger partial charge in [0.05, 0.1) is 34.1 Å². The highest BCUT2D eigenvalue weighted by atomic mass is 16.5. The topological polar surface area (TPSA) is 92.8 Å². The molecule has 0 saturated carbocycles. The summed E-state index contributed by atoms with van der Waals surface area (Å²) in [5.41, 5.74) is 0.679. The first-order valence-corrected chi connectivity index (χ1v) is 7.22. The van der Waals surface area contributed by atoms with E-state index in [0.717, 1.165) is 5.12 Å². The highest BCUT2D eigenvalue weighted by Crippen LogP contribution is 2.27. The van der Waals surface area contributed by atoms with Crippen LogP contribution in [0.5, 0.6) is 11.5 Å². The fraction of sp³-hybridized carbons (Fsp3) is 0.400. The third-order valence-electron chi connectivity index (χ3n) is 3.26. The Morgan fingerprint density at radius 3 is 2.71 bits per heavy atom. The highest BCUT2D eigenvalue weighted by molar-refractivity contribution is 6.01. The van der Waals surface area contributed by atoms with Gasteiger partial charge < -0.3 is 14.2 Å². The second-order valence-corrected chi connectivity index (χ2v) is 4.80. The zero-order valence-electron chi connectivity index (χ0n) is 13.9. The van der Waals surface area contributed by atoms with Gasteiger partial charge >= 0.3 is 17.9 Å². The van der Waals surface area contributed by atoms with Gasteiger partial charge in [0.2, 0.25) is 0 Å². The van der Waals surface area contributed by atoms with E-state index in [1.807, 2.05) is 0 Å². The Labute approximate surface area is 139 Å². The van der Waals surface area contributed by atoms with Crippen molar-refractivity contribution < 1.29 is 28.5 Å². The molecule has 9 heteroatoms. The normalized spacial score (nSPS) is 17.2. The van der Waals surface area contributed by atoms with Crippen LogP contribution in [-0.4, -0.2) is 61.8 Å². The van der Waals surface area contributed by atoms with Crippen molar-refractivity contribution in [3.05, 3.63) is 23.8 Å². The van der Waals surface area contributed by atoms with Gasteiger partial charge in [-0.3, -0.25) is 0 Å². The van der Waals surface area contributed by atoms with Crippen molar-refractivity contribution in [1.82, 2.24) is 5.12 Å². The van der Waals surface area contributed by atoms with E-state index in [9.17, 15) is 9.59 Å². The molecule has 0 saturated heterocycles. The molecule has 1 aliphatic rings. The molecule has 0 bridgehead atoms. The largest absolute Gasteiger partial charge is 0.493 e. The summed E-state index contributed by atoms with van der Waals surface area (Å²) < 4.78 is 16.4. The summed E-state index contributed by atoms with van der Waals surface area (Å²) in [6.45, 7) is 1.85. The van der Waals surface area contributed by atoms with Gasteiger partial charge in [-0.25, -0.2) is 9.59 Å². The van der Waals surface area contributed by atoms with Gasteiger partial charge in [0.1, 0.15) is 5.22 Å². The van der Waals surface area contributed by atoms with E-state index in [0.29, 0.717) is 17.1 Å². The van der Waals surface area contributed by atoms with Gasteiger partial charge in [-0.05, 0) is 25.1 Å². The van der Waals surface area contributed by atoms with E-state index in [4.69, 9.17) is 14.2 Å². The molecule has 128 valence electrons. The molecule has 1 unspecified atom stereocenters. The molecule has 24 heavy (non-hydrogen) atoms. The van der Waals surface area contributed by atoms with E-state index in [2.05, 4.69) is 10.3 Å². The van der Waals surface area contributed by atoms with Crippen LogP contribution in [0.2, 0.25) is 0 Å². The monoisotopic (exact) mass is 335 g/mol. The molecule has 0 aliphatic carbocycles. The minimum Gasteiger partial charge on any atom is -0.493 e. The summed E-state index contributed by atoms with van der Waals surface area (Å²) >= 11 is 0. The van der Waals surface area contributed by atoms with Crippen LogP contribution >= 0.6 is 0 Å². The lowest BCUT2D eigenvalue weighted by Gasteiger charge is -2.07. The molecule has 1 aromatic carbocycles. The Balaban J connectivity index is 2.15. The first-order chi connectivity index (χ1) is 11.5. The standard InChI is InChI=1S/C15H19N4O5/c1-5-24-15(21)13-14(20)19(17-18(13)2)16-9-10-6-7-11(22-3)12(8-10)23-4/h6-9,13H,5H2,1-4H3/q+1. The number of methoxy groups -OCH3 is 2. The third-order valence-corrected chi connectivity index (χ3v) is 3.26. The maximum Gasteiger partial charge on any atom is 0.414 e. The number of amides is 1. The van der Waals surface area contributed by atoms with Crippen LogP contribution in [0.15, 0.2) is 28.5 Å². The van der Waals surface area contributed by atoms with Crippen LogP contribution in [0.3, 0.4) is 0 Å². The summed E-state index contributed by atoms with van der Waals surface area (Å²) in [5, 5.41) is 8.76. The summed E-state index contributed by atoms with van der Waals surface area (Å²) in [5.74, 6) is -0.114. The Morgan fingerprint density at radius 2 is 2.08 bits per heavy atom. The SMILES string of the molecule is CCOC(=O)C1C(=O)N(N=Cc2ccc(OC)c(OC)c2)N=[N+]1C. The number of ether oxygens (including phenoxy) is 3. The molecule has 1 amide bonds. The Kier molecular flexibility index (Phi) is 5.46. The molecule has 9 nitrogen and oxygen atoms in total. The fourth-order valence-electron chi connectivity index (χ4n) is 2.11. The second kappa shape index (κ2) is 7.53. The van der Waals surface area contributed by atoms with Crippen molar-refractivity contribution in [3.8, 4) is 11.5 Å². The average Bonchev–Trinajstić information content (AvgIpc) is 2.86. The van der Waals surface area contributed by atoms with E-state index in [-0.39, 0.29) is 6.61 Å². The van der Waals surface area contributed by atoms with Crippen LogP contribution in [0, 0.1) is 0 Å². The molecule has 0 N–H and O–H groups in total. The zero-order chi connectivity index (χ0) is 17.7. The molecule has 0 aromatic heterocycles. The third kappa shape index (κ3) is 3.50. The number of benzene rings is 1. The van der Waals surface area contributed by atoms with Crippen molar-refractivity contribution in [3.63, 3.8) is 0 Å². The molecule has 0 radical (unpaired) electrons. The Hall–Kier alpha value is -2.97. The number of carbonyl (C=O) groups is 2. The first-order valence-electron chi connectivity index (χ1n) is 7.22. The van der Waals surface area contributed by atoms with Crippen molar-refractivity contribution >= 4 is 18.1 Å². The predicted octanol–water partition coefficient (Wildman–Crippen LogP) is 0.821. The van der Waals surface area contributed by atoms with Gasteiger partial charge in [0.15, 0.2) is 11.5 Å². The van der Waals surface area contributed by atoms with Crippen LogP contribution in [0.4, 0.5) is 0 Å². The molecule has 0 spiro atoms. The van der Waals surface area contributed by atoms with E-state index in [1.54, 1.807) is 32.2 Å². The van der Waals surface area contributed by atoms with Gasteiger partial charge in [-0.15, -0.1) is 4.70 Å². The molecular formula is C15H19N4O5+. The van der Waals surface area contributed by atoms with Crippen molar-refractivity contribution in [1.29, 1.82) is 0 Å². The molecule has 2 rings (SSSR count). The molecule has 1 aliphatic heterocycles. The maximum atomic E-state index is 12.2. The highest BCUT2D eigenvalue weighted by Gasteiger charge is 2.48. The van der Waals surface area contributed by atoms with Crippen LogP contribution in [-0.2, 0) is 14.3 Å². The van der Waals surface area contributed by atoms with Crippen molar-refractivity contribution in [2.24, 2.45) is 10.3 Å². The minimum atomic E-state index is -1.12. The lowest BCUT2D eigenvalue weighted by molar-refractivity contribution is -0.575. The quantitative estimate of drug-likeness (QED) is 0.332. The van der Waals surface area contributed by atoms with Gasteiger partial charge in [0, 0.05) is 10.7 Å². The molecule has 1 heterocycles. The van der Waals surface area contributed by atoms with Gasteiger partial charge in [0.25, 0.3) is 0 Å². The van der Waals surface area contributed by atoms with E-state index >= 15 is 0 Å². The van der Waals surface area contributed by atoms with Crippen molar-refractivity contribution in [2.45, 2.75) is 13.0 Å². The number of hydrogen-bond donors (Lipinski definition) is 0. The summed E-state index contributed by atoms with van der Waals surface area (Å²) in [4.78, 5) is 24.0. The van der Waals surface area contributed by atoms with Gasteiger partial charge in [-0.1, -0.05) is 5.10 Å². The van der Waals surface area contributed by atoms with Crippen LogP contribution in [0.25, 0.3) is 0 Å². The number of rotatable bonds is 6. The summed E-state index contributed by atoms with van der Waals surface area (Å²) in [6, 6.07) is 4.05. The molecule has 1 atom stereocenters. The summed E-state index contributed by atoms with van der Waals surface area (Å²) in [7, 11) is 4.57. The summed E-state index contributed by atoms with van der Waals surface area (Å²) in [6.07, 6.45) is 1.44. The second-order valence-electron chi connectivity index (χ2n) is 4.80. The number of hydrogen-bond acceptors (Lipinski definition) is 7. The predicted molar refractivity (Wildman–Crippen MR) is 83.0 cm³/mol. The first kappa shape index (κ1) is 17.4. The number of carbonyl (C=O) groups excluding carboxylic acids is 2.